The second-order valence-corrected chi connectivity index (χ2v) is 5.96. The van der Waals surface area contributed by atoms with Gasteiger partial charge in [0.05, 0.1) is 5.69 Å². The zero-order valence-corrected chi connectivity index (χ0v) is 13.2. The van der Waals surface area contributed by atoms with Gasteiger partial charge in [0.1, 0.15) is 11.1 Å². The molecule has 0 aliphatic rings. The monoisotopic (exact) mass is 270 g/mol. The van der Waals surface area contributed by atoms with Crippen molar-refractivity contribution in [3.63, 3.8) is 0 Å². The molecule has 0 bridgehead atoms. The van der Waals surface area contributed by atoms with Crippen molar-refractivity contribution in [2.45, 2.75) is 53.7 Å². The van der Waals surface area contributed by atoms with Crippen LogP contribution in [-0.4, -0.2) is 18.1 Å². The maximum Gasteiger partial charge on any atom is 0.122 e. The number of rotatable bonds is 7. The SMILES string of the molecule is CCNC(C)c1sc(C(OCC)C(C)C)nc1C. The number of nitrogens with zero attached hydrogens (tertiary/aromatic N) is 1. The average molecular weight is 270 g/mol. The lowest BCUT2D eigenvalue weighted by Gasteiger charge is -2.18. The van der Waals surface area contributed by atoms with Crippen LogP contribution in [0.4, 0.5) is 0 Å². The van der Waals surface area contributed by atoms with Gasteiger partial charge in [-0.1, -0.05) is 20.8 Å². The number of hydrogen-bond donors (Lipinski definition) is 1. The molecule has 0 spiro atoms. The lowest BCUT2D eigenvalue weighted by Crippen LogP contribution is -2.17. The van der Waals surface area contributed by atoms with E-state index in [9.17, 15) is 0 Å². The number of aromatic nitrogens is 1. The third kappa shape index (κ3) is 3.77. The van der Waals surface area contributed by atoms with E-state index in [0.29, 0.717) is 12.0 Å². The Morgan fingerprint density at radius 2 is 1.94 bits per heavy atom. The van der Waals surface area contributed by atoms with E-state index in [2.05, 4.69) is 39.9 Å². The molecule has 0 aromatic carbocycles. The van der Waals surface area contributed by atoms with Gasteiger partial charge in [-0.15, -0.1) is 11.3 Å². The van der Waals surface area contributed by atoms with Crippen molar-refractivity contribution in [1.29, 1.82) is 0 Å². The summed E-state index contributed by atoms with van der Waals surface area (Å²) in [7, 11) is 0. The zero-order chi connectivity index (χ0) is 13.7. The Labute approximate surface area is 115 Å². The van der Waals surface area contributed by atoms with Crippen molar-refractivity contribution in [1.82, 2.24) is 10.3 Å². The predicted octanol–water partition coefficient (Wildman–Crippen LogP) is 3.86. The summed E-state index contributed by atoms with van der Waals surface area (Å²) < 4.78 is 5.83. The van der Waals surface area contributed by atoms with Crippen LogP contribution in [-0.2, 0) is 4.74 Å². The van der Waals surface area contributed by atoms with Crippen LogP contribution >= 0.6 is 11.3 Å². The molecule has 3 nitrogen and oxygen atoms in total. The van der Waals surface area contributed by atoms with Crippen LogP contribution in [0.3, 0.4) is 0 Å². The molecule has 1 rings (SSSR count). The standard InChI is InChI=1S/C14H26N2OS/c1-7-15-10(5)13-11(6)16-14(18-13)12(9(3)4)17-8-2/h9-10,12,15H,7-8H2,1-6H3. The highest BCUT2D eigenvalue weighted by Gasteiger charge is 2.22. The van der Waals surface area contributed by atoms with Crippen molar-refractivity contribution in [3.05, 3.63) is 15.6 Å². The fourth-order valence-electron chi connectivity index (χ4n) is 2.08. The number of nitrogens with one attached hydrogen (secondary N) is 1. The largest absolute Gasteiger partial charge is 0.371 e. The van der Waals surface area contributed by atoms with Gasteiger partial charge >= 0.3 is 0 Å². The molecule has 0 aliphatic carbocycles. The van der Waals surface area contributed by atoms with Gasteiger partial charge in [0, 0.05) is 17.5 Å². The Balaban J connectivity index is 2.93. The smallest absolute Gasteiger partial charge is 0.122 e. The lowest BCUT2D eigenvalue weighted by molar-refractivity contribution is 0.0292. The van der Waals surface area contributed by atoms with Gasteiger partial charge < -0.3 is 10.1 Å². The number of hydrogen-bond acceptors (Lipinski definition) is 4. The van der Waals surface area contributed by atoms with Gasteiger partial charge in [-0.3, -0.25) is 0 Å². The first-order valence-corrected chi connectivity index (χ1v) is 7.65. The Morgan fingerprint density at radius 3 is 2.44 bits per heavy atom. The van der Waals surface area contributed by atoms with E-state index in [-0.39, 0.29) is 6.10 Å². The summed E-state index contributed by atoms with van der Waals surface area (Å²) in [6, 6.07) is 0.371. The maximum absolute atomic E-state index is 5.83. The second-order valence-electron chi connectivity index (χ2n) is 4.90. The fraction of sp³-hybridized carbons (Fsp3) is 0.786. The minimum atomic E-state index is 0.126. The van der Waals surface area contributed by atoms with Crippen LogP contribution < -0.4 is 5.32 Å². The molecule has 2 atom stereocenters. The molecule has 1 heterocycles. The average Bonchev–Trinajstić information content (AvgIpc) is 2.67. The molecule has 1 aromatic heterocycles. The quantitative estimate of drug-likeness (QED) is 0.817. The van der Waals surface area contributed by atoms with Gasteiger partial charge in [-0.25, -0.2) is 4.98 Å². The maximum atomic E-state index is 5.83. The van der Waals surface area contributed by atoms with Crippen LogP contribution in [0.1, 0.15) is 62.3 Å². The molecule has 4 heteroatoms. The molecular weight excluding hydrogens is 244 g/mol. The second kappa shape index (κ2) is 7.22. The molecule has 1 N–H and O–H groups in total. The van der Waals surface area contributed by atoms with Gasteiger partial charge in [0.25, 0.3) is 0 Å². The molecule has 18 heavy (non-hydrogen) atoms. The first kappa shape index (κ1) is 15.6. The third-order valence-corrected chi connectivity index (χ3v) is 4.35. The Bertz CT molecular complexity index is 363. The summed E-state index contributed by atoms with van der Waals surface area (Å²) in [6.07, 6.45) is 0.126. The molecule has 0 amide bonds. The Hall–Kier alpha value is -0.450. The first-order valence-electron chi connectivity index (χ1n) is 6.83. The molecule has 1 aromatic rings. The molecule has 0 aliphatic heterocycles. The summed E-state index contributed by atoms with van der Waals surface area (Å²) in [5.41, 5.74) is 1.13. The third-order valence-electron chi connectivity index (χ3n) is 2.95. The number of thiazole rings is 1. The number of aryl methyl sites for hydroxylation is 1. The Morgan fingerprint density at radius 1 is 1.28 bits per heavy atom. The van der Waals surface area contributed by atoms with Gasteiger partial charge in [0.2, 0.25) is 0 Å². The van der Waals surface area contributed by atoms with Crippen molar-refractivity contribution in [2.75, 3.05) is 13.2 Å². The lowest BCUT2D eigenvalue weighted by atomic mass is 10.1. The molecule has 0 fully saturated rings. The normalized spacial score (nSPS) is 15.1. The van der Waals surface area contributed by atoms with Crippen LogP contribution in [0, 0.1) is 12.8 Å². The van der Waals surface area contributed by atoms with Gasteiger partial charge in [-0.2, -0.15) is 0 Å². The summed E-state index contributed by atoms with van der Waals surface area (Å²) in [5, 5.41) is 4.56. The molecular formula is C14H26N2OS. The van der Waals surface area contributed by atoms with E-state index in [1.54, 1.807) is 11.3 Å². The zero-order valence-electron chi connectivity index (χ0n) is 12.4. The van der Waals surface area contributed by atoms with Crippen molar-refractivity contribution < 1.29 is 4.74 Å². The highest BCUT2D eigenvalue weighted by atomic mass is 32.1. The summed E-state index contributed by atoms with van der Waals surface area (Å²) in [5.74, 6) is 0.456. The number of ether oxygens (including phenoxy) is 1. The van der Waals surface area contributed by atoms with Crippen molar-refractivity contribution >= 4 is 11.3 Å². The van der Waals surface area contributed by atoms with Crippen LogP contribution in [0.5, 0.6) is 0 Å². The highest BCUT2D eigenvalue weighted by Crippen LogP contribution is 2.33. The van der Waals surface area contributed by atoms with Crippen LogP contribution in [0.2, 0.25) is 0 Å². The highest BCUT2D eigenvalue weighted by molar-refractivity contribution is 7.11. The van der Waals surface area contributed by atoms with Crippen LogP contribution in [0.25, 0.3) is 0 Å². The van der Waals surface area contributed by atoms with E-state index in [1.807, 2.05) is 6.92 Å². The minimum absolute atomic E-state index is 0.126. The van der Waals surface area contributed by atoms with E-state index >= 15 is 0 Å². The molecule has 0 saturated heterocycles. The molecule has 2 unspecified atom stereocenters. The summed E-state index contributed by atoms with van der Waals surface area (Å²) >= 11 is 1.79. The minimum Gasteiger partial charge on any atom is -0.371 e. The van der Waals surface area contributed by atoms with E-state index in [1.165, 1.54) is 4.88 Å². The van der Waals surface area contributed by atoms with Crippen molar-refractivity contribution in [2.24, 2.45) is 5.92 Å². The van der Waals surface area contributed by atoms with E-state index < -0.39 is 0 Å². The molecule has 104 valence electrons. The van der Waals surface area contributed by atoms with Gasteiger partial charge in [-0.05, 0) is 33.2 Å². The van der Waals surface area contributed by atoms with Gasteiger partial charge in [0.15, 0.2) is 0 Å². The van der Waals surface area contributed by atoms with Crippen molar-refractivity contribution in [3.8, 4) is 0 Å². The van der Waals surface area contributed by atoms with Crippen LogP contribution in [0.15, 0.2) is 0 Å². The summed E-state index contributed by atoms with van der Waals surface area (Å²) in [6.45, 7) is 14.5. The molecule has 0 saturated carbocycles. The summed E-state index contributed by atoms with van der Waals surface area (Å²) in [4.78, 5) is 6.04. The Kier molecular flexibility index (Phi) is 6.26. The molecule has 0 radical (unpaired) electrons. The topological polar surface area (TPSA) is 34.1 Å². The first-order chi connectivity index (χ1) is 8.51. The fourth-order valence-corrected chi connectivity index (χ4v) is 3.40. The predicted molar refractivity (Wildman–Crippen MR) is 78.1 cm³/mol. The van der Waals surface area contributed by atoms with E-state index in [4.69, 9.17) is 9.72 Å². The van der Waals surface area contributed by atoms with E-state index in [0.717, 1.165) is 23.9 Å².